The molecule has 1 unspecified atom stereocenters. The summed E-state index contributed by atoms with van der Waals surface area (Å²) in [5, 5.41) is 0. The molecular weight excluding hydrogens is 158 g/mol. The lowest BCUT2D eigenvalue weighted by Crippen LogP contribution is -2.33. The van der Waals surface area contributed by atoms with Crippen molar-refractivity contribution in [3.05, 3.63) is 0 Å². The summed E-state index contributed by atoms with van der Waals surface area (Å²) in [6.07, 6.45) is 0.728. The van der Waals surface area contributed by atoms with Crippen molar-refractivity contribution in [3.8, 4) is 0 Å². The smallest absolute Gasteiger partial charge is 0.273 e. The van der Waals surface area contributed by atoms with Crippen LogP contribution in [0.4, 0.5) is 0 Å². The van der Waals surface area contributed by atoms with Crippen LogP contribution in [0.1, 0.15) is 13.3 Å². The molecule has 0 aliphatic heterocycles. The van der Waals surface area contributed by atoms with Gasteiger partial charge in [-0.05, 0) is 6.42 Å². The lowest BCUT2D eigenvalue weighted by atomic mass is 10.5. The van der Waals surface area contributed by atoms with Crippen molar-refractivity contribution >= 4 is 20.5 Å². The Balaban J connectivity index is 3.75. The average Bonchev–Trinajstić information content (AvgIpc) is 1.62. The van der Waals surface area contributed by atoms with Gasteiger partial charge in [0.25, 0.3) is 0 Å². The highest BCUT2D eigenvalue weighted by atomic mass is 32.2. The Morgan fingerprint density at radius 2 is 2.22 bits per heavy atom. The second-order valence-corrected chi connectivity index (χ2v) is 4.48. The van der Waals surface area contributed by atoms with Gasteiger partial charge in [0.1, 0.15) is 0 Å². The van der Waals surface area contributed by atoms with Crippen molar-refractivity contribution in [2.24, 2.45) is 0 Å². The van der Waals surface area contributed by atoms with E-state index in [1.54, 1.807) is 0 Å². The number of hydrogen-bond acceptors (Lipinski definition) is 2. The van der Waals surface area contributed by atoms with E-state index in [4.69, 9.17) is 4.55 Å². The first-order chi connectivity index (χ1) is 3.95. The van der Waals surface area contributed by atoms with Gasteiger partial charge in [0.05, 0.1) is 0 Å². The Labute approximate surface area is 58.0 Å². The Bertz CT molecular complexity index is 166. The fourth-order valence-electron chi connectivity index (χ4n) is 0.338. The van der Waals surface area contributed by atoms with Crippen molar-refractivity contribution < 1.29 is 13.0 Å². The van der Waals surface area contributed by atoms with Crippen molar-refractivity contribution in [2.45, 2.75) is 19.0 Å². The van der Waals surface area contributed by atoms with E-state index >= 15 is 0 Å². The maximum atomic E-state index is 10.1. The molecule has 4 nitrogen and oxygen atoms in total. The minimum Gasteiger partial charge on any atom is -0.273 e. The Morgan fingerprint density at radius 1 is 1.78 bits per heavy atom. The molecule has 9 heavy (non-hydrogen) atoms. The van der Waals surface area contributed by atoms with Gasteiger partial charge < -0.3 is 0 Å². The van der Waals surface area contributed by atoms with Gasteiger partial charge in [-0.3, -0.25) is 4.55 Å². The van der Waals surface area contributed by atoms with E-state index in [1.165, 1.54) is 0 Å². The van der Waals surface area contributed by atoms with Crippen LogP contribution in [-0.2, 0) is 10.3 Å². The van der Waals surface area contributed by atoms with Gasteiger partial charge in [0.15, 0.2) is 0 Å². The zero-order valence-corrected chi connectivity index (χ0v) is 8.27. The first-order valence-corrected chi connectivity index (χ1v) is 5.30. The van der Waals surface area contributed by atoms with Crippen LogP contribution in [0.5, 0.6) is 0 Å². The van der Waals surface area contributed by atoms with Gasteiger partial charge in [-0.1, -0.05) is 6.92 Å². The van der Waals surface area contributed by atoms with Gasteiger partial charge >= 0.3 is 10.3 Å². The van der Waals surface area contributed by atoms with Crippen LogP contribution >= 0.6 is 0 Å². The predicted octanol–water partition coefficient (Wildman–Crippen LogP) is -1.52. The van der Waals surface area contributed by atoms with Crippen molar-refractivity contribution in [3.63, 3.8) is 0 Å². The molecule has 0 rings (SSSR count). The van der Waals surface area contributed by atoms with E-state index in [2.05, 4.69) is 4.72 Å². The molecule has 0 aromatic heterocycles. The normalized spacial score (nSPS) is 15.8. The van der Waals surface area contributed by atoms with E-state index in [0.717, 1.165) is 16.7 Å². The first kappa shape index (κ1) is 9.09. The SMILES string of the molecule is CCC([SiH3])NS(=O)(=O)O. The zero-order valence-electron chi connectivity index (χ0n) is 5.46. The summed E-state index contributed by atoms with van der Waals surface area (Å²) in [6, 6.07) is 0. The third-order valence-corrected chi connectivity index (χ3v) is 3.19. The molecule has 0 saturated heterocycles. The summed E-state index contributed by atoms with van der Waals surface area (Å²) in [5.74, 6) is 0. The van der Waals surface area contributed by atoms with E-state index < -0.39 is 10.3 Å². The molecule has 1 atom stereocenters. The van der Waals surface area contributed by atoms with E-state index in [0.29, 0.717) is 0 Å². The third kappa shape index (κ3) is 5.97. The first-order valence-electron chi connectivity index (χ1n) is 2.70. The lowest BCUT2D eigenvalue weighted by Gasteiger charge is -2.05. The van der Waals surface area contributed by atoms with Crippen LogP contribution in [0.25, 0.3) is 0 Å². The molecule has 0 spiro atoms. The Morgan fingerprint density at radius 3 is 2.33 bits per heavy atom. The van der Waals surface area contributed by atoms with E-state index in [1.807, 2.05) is 6.92 Å². The van der Waals surface area contributed by atoms with Crippen LogP contribution in [0.15, 0.2) is 0 Å². The summed E-state index contributed by atoms with van der Waals surface area (Å²) in [5.41, 5.74) is -0.0556. The molecule has 0 bridgehead atoms. The van der Waals surface area contributed by atoms with Gasteiger partial charge in [-0.25, -0.2) is 0 Å². The molecule has 0 heterocycles. The quantitative estimate of drug-likeness (QED) is 0.398. The minimum absolute atomic E-state index is 0.0556. The molecule has 2 N–H and O–H groups in total. The summed E-state index contributed by atoms with van der Waals surface area (Å²) in [7, 11) is -3.23. The van der Waals surface area contributed by atoms with Crippen LogP contribution in [0, 0.1) is 0 Å². The summed E-state index contributed by atoms with van der Waals surface area (Å²) >= 11 is 0. The summed E-state index contributed by atoms with van der Waals surface area (Å²) < 4.78 is 30.4. The molecule has 0 radical (unpaired) electrons. The largest absolute Gasteiger partial charge is 0.333 e. The molecule has 0 aromatic carbocycles. The third-order valence-electron chi connectivity index (χ3n) is 0.962. The molecule has 0 amide bonds. The fraction of sp³-hybridized carbons (Fsp3) is 1.00. The van der Waals surface area contributed by atoms with Crippen molar-refractivity contribution in [1.82, 2.24) is 4.72 Å². The lowest BCUT2D eigenvalue weighted by molar-refractivity contribution is 0.463. The summed E-state index contributed by atoms with van der Waals surface area (Å²) in [6.45, 7) is 1.86. The number of nitrogens with one attached hydrogen (secondary N) is 1. The standard InChI is InChI=1S/C3H11NO3SSi/c1-2-3(9)4-8(5,6)7/h3-4H,2H2,1,9H3,(H,5,6,7). The topological polar surface area (TPSA) is 66.4 Å². The summed E-state index contributed by atoms with van der Waals surface area (Å²) in [4.78, 5) is 0. The molecule has 0 aromatic rings. The van der Waals surface area contributed by atoms with Crippen LogP contribution in [0.2, 0.25) is 0 Å². The molecular formula is C3H11NO3SSi. The van der Waals surface area contributed by atoms with Crippen molar-refractivity contribution in [1.29, 1.82) is 0 Å². The molecule has 0 aliphatic carbocycles. The van der Waals surface area contributed by atoms with Gasteiger partial charge in [-0.2, -0.15) is 13.1 Å². The van der Waals surface area contributed by atoms with Gasteiger partial charge in [-0.15, -0.1) is 0 Å². The van der Waals surface area contributed by atoms with Crippen LogP contribution < -0.4 is 4.72 Å². The predicted molar refractivity (Wildman–Crippen MR) is 38.7 cm³/mol. The fourth-order valence-corrected chi connectivity index (χ4v) is 1.91. The van der Waals surface area contributed by atoms with E-state index in [-0.39, 0.29) is 5.67 Å². The highest BCUT2D eigenvalue weighted by molar-refractivity contribution is 7.83. The number of hydrogen-bond donors (Lipinski definition) is 2. The monoisotopic (exact) mass is 169 g/mol. The highest BCUT2D eigenvalue weighted by Gasteiger charge is 2.06. The van der Waals surface area contributed by atoms with Gasteiger partial charge in [0, 0.05) is 15.9 Å². The molecule has 0 fully saturated rings. The maximum absolute atomic E-state index is 10.1. The van der Waals surface area contributed by atoms with Gasteiger partial charge in [0.2, 0.25) is 0 Å². The second kappa shape index (κ2) is 3.30. The Hall–Kier alpha value is 0.0869. The van der Waals surface area contributed by atoms with Crippen LogP contribution in [0.3, 0.4) is 0 Å². The molecule has 0 aliphatic rings. The zero-order chi connectivity index (χ0) is 7.49. The minimum atomic E-state index is -3.95. The molecule has 0 saturated carbocycles. The van der Waals surface area contributed by atoms with E-state index in [9.17, 15) is 8.42 Å². The Kier molecular flexibility index (Phi) is 3.34. The maximum Gasteiger partial charge on any atom is 0.333 e. The second-order valence-electron chi connectivity index (χ2n) is 1.90. The highest BCUT2D eigenvalue weighted by Crippen LogP contribution is 1.84. The average molecular weight is 169 g/mol. The van der Waals surface area contributed by atoms with Crippen molar-refractivity contribution in [2.75, 3.05) is 0 Å². The molecule has 56 valence electrons. The molecule has 6 heteroatoms. The number of rotatable bonds is 3. The van der Waals surface area contributed by atoms with Crippen LogP contribution in [-0.4, -0.2) is 28.9 Å².